The van der Waals surface area contributed by atoms with Crippen LogP contribution in [0.2, 0.25) is 5.15 Å². The summed E-state index contributed by atoms with van der Waals surface area (Å²) < 4.78 is 1.97. The van der Waals surface area contributed by atoms with E-state index in [4.69, 9.17) is 11.6 Å². The second-order valence-corrected chi connectivity index (χ2v) is 4.86. The summed E-state index contributed by atoms with van der Waals surface area (Å²) >= 11 is 6.18. The van der Waals surface area contributed by atoms with Crippen molar-refractivity contribution in [1.82, 2.24) is 24.5 Å². The molecule has 3 aromatic rings. The molecule has 0 radical (unpaired) electrons. The van der Waals surface area contributed by atoms with Crippen LogP contribution in [0.5, 0.6) is 0 Å². The number of hydrogen-bond acceptors (Lipinski definition) is 4. The van der Waals surface area contributed by atoms with Gasteiger partial charge in [-0.05, 0) is 26.0 Å². The Bertz CT molecular complexity index is 720. The molecule has 0 fully saturated rings. The molecule has 0 aliphatic rings. The first-order valence-electron chi connectivity index (χ1n) is 5.97. The third-order valence-electron chi connectivity index (χ3n) is 2.85. The molecule has 0 aromatic carbocycles. The van der Waals surface area contributed by atoms with Crippen LogP contribution < -0.4 is 0 Å². The summed E-state index contributed by atoms with van der Waals surface area (Å²) in [5, 5.41) is 0.364. The fourth-order valence-corrected chi connectivity index (χ4v) is 2.10. The van der Waals surface area contributed by atoms with Crippen LogP contribution >= 0.6 is 11.6 Å². The molecule has 0 unspecified atom stereocenters. The maximum atomic E-state index is 6.18. The van der Waals surface area contributed by atoms with E-state index in [9.17, 15) is 0 Å². The van der Waals surface area contributed by atoms with Crippen LogP contribution in [-0.2, 0) is 0 Å². The number of imidazole rings is 1. The molecule has 0 N–H and O–H groups in total. The van der Waals surface area contributed by atoms with Crippen molar-refractivity contribution >= 4 is 22.8 Å². The van der Waals surface area contributed by atoms with Crippen LogP contribution in [0.25, 0.3) is 22.6 Å². The van der Waals surface area contributed by atoms with Gasteiger partial charge in [0.05, 0.1) is 6.33 Å². The van der Waals surface area contributed by atoms with E-state index in [-0.39, 0.29) is 6.04 Å². The summed E-state index contributed by atoms with van der Waals surface area (Å²) in [4.78, 5) is 17.2. The fourth-order valence-electron chi connectivity index (χ4n) is 1.88. The highest BCUT2D eigenvalue weighted by Crippen LogP contribution is 2.25. The van der Waals surface area contributed by atoms with E-state index in [0.29, 0.717) is 16.5 Å². The number of nitrogens with zero attached hydrogens (tertiary/aromatic N) is 5. The molecule has 3 rings (SSSR count). The molecule has 0 aliphatic heterocycles. The van der Waals surface area contributed by atoms with Gasteiger partial charge in [0.25, 0.3) is 0 Å². The van der Waals surface area contributed by atoms with Crippen molar-refractivity contribution in [3.05, 3.63) is 36.0 Å². The molecule has 6 heteroatoms. The van der Waals surface area contributed by atoms with E-state index in [1.54, 1.807) is 18.7 Å². The third-order valence-corrected chi connectivity index (χ3v) is 3.12. The molecule has 0 amide bonds. The Balaban J connectivity index is 2.26. The first kappa shape index (κ1) is 12.0. The van der Waals surface area contributed by atoms with Gasteiger partial charge in [-0.3, -0.25) is 4.98 Å². The van der Waals surface area contributed by atoms with Gasteiger partial charge in [-0.15, -0.1) is 0 Å². The van der Waals surface area contributed by atoms with Crippen molar-refractivity contribution in [2.24, 2.45) is 0 Å². The SMILES string of the molecule is CC(C)n1cnc2c(Cl)nc(-c3cccnc3)nc21. The van der Waals surface area contributed by atoms with Crippen LogP contribution in [0, 0.1) is 0 Å². The second kappa shape index (κ2) is 4.59. The molecule has 0 atom stereocenters. The van der Waals surface area contributed by atoms with E-state index in [1.807, 2.05) is 16.7 Å². The fraction of sp³-hybridized carbons (Fsp3) is 0.231. The van der Waals surface area contributed by atoms with Crippen LogP contribution in [-0.4, -0.2) is 24.5 Å². The lowest BCUT2D eigenvalue weighted by Crippen LogP contribution is -2.01. The molecule has 0 bridgehead atoms. The molecule has 3 aromatic heterocycles. The molecule has 96 valence electrons. The highest BCUT2D eigenvalue weighted by molar-refractivity contribution is 6.33. The van der Waals surface area contributed by atoms with Gasteiger partial charge in [0.2, 0.25) is 0 Å². The van der Waals surface area contributed by atoms with Gasteiger partial charge >= 0.3 is 0 Å². The second-order valence-electron chi connectivity index (χ2n) is 4.50. The highest BCUT2D eigenvalue weighted by atomic mass is 35.5. The summed E-state index contributed by atoms with van der Waals surface area (Å²) in [5.74, 6) is 0.563. The molecule has 19 heavy (non-hydrogen) atoms. The maximum Gasteiger partial charge on any atom is 0.165 e. The van der Waals surface area contributed by atoms with Crippen molar-refractivity contribution in [1.29, 1.82) is 0 Å². The average molecular weight is 274 g/mol. The first-order chi connectivity index (χ1) is 9.16. The van der Waals surface area contributed by atoms with Crippen LogP contribution in [0.15, 0.2) is 30.9 Å². The molecular formula is C13H12ClN5. The molecule has 0 saturated carbocycles. The Morgan fingerprint density at radius 1 is 1.26 bits per heavy atom. The minimum Gasteiger partial charge on any atom is -0.313 e. The molecule has 5 nitrogen and oxygen atoms in total. The van der Waals surface area contributed by atoms with Gasteiger partial charge in [0.1, 0.15) is 5.52 Å². The Kier molecular flexibility index (Phi) is 2.91. The summed E-state index contributed by atoms with van der Waals surface area (Å²) in [6.07, 6.45) is 5.17. The van der Waals surface area contributed by atoms with Gasteiger partial charge in [-0.2, -0.15) is 0 Å². The van der Waals surface area contributed by atoms with Gasteiger partial charge in [-0.1, -0.05) is 11.6 Å². The standard InChI is InChI=1S/C13H12ClN5/c1-8(2)19-7-16-10-11(14)17-12(18-13(10)19)9-4-3-5-15-6-9/h3-8H,1-2H3. The predicted molar refractivity (Wildman–Crippen MR) is 73.9 cm³/mol. The zero-order chi connectivity index (χ0) is 13.4. The number of hydrogen-bond donors (Lipinski definition) is 0. The average Bonchev–Trinajstić information content (AvgIpc) is 2.84. The van der Waals surface area contributed by atoms with E-state index in [0.717, 1.165) is 11.2 Å². The lowest BCUT2D eigenvalue weighted by atomic mass is 10.2. The minimum absolute atomic E-state index is 0.262. The number of halogens is 1. The van der Waals surface area contributed by atoms with Crippen LogP contribution in [0.1, 0.15) is 19.9 Å². The largest absolute Gasteiger partial charge is 0.313 e. The molecular weight excluding hydrogens is 262 g/mol. The van der Waals surface area contributed by atoms with E-state index in [2.05, 4.69) is 33.8 Å². The van der Waals surface area contributed by atoms with E-state index >= 15 is 0 Å². The monoisotopic (exact) mass is 273 g/mol. The van der Waals surface area contributed by atoms with Gasteiger partial charge in [-0.25, -0.2) is 15.0 Å². The smallest absolute Gasteiger partial charge is 0.165 e. The normalized spacial score (nSPS) is 11.4. The Morgan fingerprint density at radius 3 is 2.79 bits per heavy atom. The highest BCUT2D eigenvalue weighted by Gasteiger charge is 2.14. The van der Waals surface area contributed by atoms with E-state index in [1.165, 1.54) is 0 Å². The quantitative estimate of drug-likeness (QED) is 0.673. The number of pyridine rings is 1. The van der Waals surface area contributed by atoms with E-state index < -0.39 is 0 Å². The topological polar surface area (TPSA) is 56.5 Å². The minimum atomic E-state index is 0.262. The Labute approximate surface area is 115 Å². The molecule has 0 spiro atoms. The maximum absolute atomic E-state index is 6.18. The first-order valence-corrected chi connectivity index (χ1v) is 6.35. The summed E-state index contributed by atoms with van der Waals surface area (Å²) in [5.41, 5.74) is 2.21. The number of rotatable bonds is 2. The summed E-state index contributed by atoms with van der Waals surface area (Å²) in [6, 6.07) is 4.01. The lowest BCUT2D eigenvalue weighted by Gasteiger charge is -2.08. The van der Waals surface area contributed by atoms with Gasteiger partial charge in [0.15, 0.2) is 16.6 Å². The number of aromatic nitrogens is 5. The van der Waals surface area contributed by atoms with Crippen molar-refractivity contribution < 1.29 is 0 Å². The van der Waals surface area contributed by atoms with Crippen LogP contribution in [0.3, 0.4) is 0 Å². The van der Waals surface area contributed by atoms with Gasteiger partial charge < -0.3 is 4.57 Å². The van der Waals surface area contributed by atoms with Crippen molar-refractivity contribution in [2.75, 3.05) is 0 Å². The van der Waals surface area contributed by atoms with Crippen molar-refractivity contribution in [3.63, 3.8) is 0 Å². The molecule has 0 aliphatic carbocycles. The Hall–Kier alpha value is -2.01. The van der Waals surface area contributed by atoms with Crippen molar-refractivity contribution in [2.45, 2.75) is 19.9 Å². The zero-order valence-corrected chi connectivity index (χ0v) is 11.3. The zero-order valence-electron chi connectivity index (χ0n) is 10.6. The molecule has 3 heterocycles. The van der Waals surface area contributed by atoms with Crippen molar-refractivity contribution in [3.8, 4) is 11.4 Å². The lowest BCUT2D eigenvalue weighted by molar-refractivity contribution is 0.613. The molecule has 0 saturated heterocycles. The number of fused-ring (bicyclic) bond motifs is 1. The third kappa shape index (κ3) is 2.06. The van der Waals surface area contributed by atoms with Crippen LogP contribution in [0.4, 0.5) is 0 Å². The Morgan fingerprint density at radius 2 is 2.11 bits per heavy atom. The predicted octanol–water partition coefficient (Wildman–Crippen LogP) is 3.12. The van der Waals surface area contributed by atoms with Gasteiger partial charge in [0, 0.05) is 24.0 Å². The summed E-state index contributed by atoms with van der Waals surface area (Å²) in [6.45, 7) is 4.14. The summed E-state index contributed by atoms with van der Waals surface area (Å²) in [7, 11) is 0.